The number of carbonyl (C=O) groups is 2. The van der Waals surface area contributed by atoms with Gasteiger partial charge < -0.3 is 29.2 Å². The van der Waals surface area contributed by atoms with Gasteiger partial charge in [0.2, 0.25) is 11.9 Å². The van der Waals surface area contributed by atoms with Gasteiger partial charge in [0, 0.05) is 66.7 Å². The maximum atomic E-state index is 15.7. The van der Waals surface area contributed by atoms with Gasteiger partial charge in [-0.25, -0.2) is 24.1 Å². The molecule has 0 saturated carbocycles. The molecule has 2 atom stereocenters. The lowest BCUT2D eigenvalue weighted by Crippen LogP contribution is -2.48. The molecule has 0 aliphatic carbocycles. The van der Waals surface area contributed by atoms with Gasteiger partial charge in [0.05, 0.1) is 29.7 Å². The third-order valence-corrected chi connectivity index (χ3v) is 8.17. The lowest BCUT2D eigenvalue weighted by atomic mass is 10.00. The molecule has 242 valence electrons. The summed E-state index contributed by atoms with van der Waals surface area (Å²) in [7, 11) is 1.56. The van der Waals surface area contributed by atoms with Gasteiger partial charge in [-0.1, -0.05) is 17.7 Å². The van der Waals surface area contributed by atoms with Gasteiger partial charge in [-0.2, -0.15) is 8.78 Å². The Kier molecular flexibility index (Phi) is 8.17. The van der Waals surface area contributed by atoms with Crippen molar-refractivity contribution in [2.45, 2.75) is 51.5 Å². The van der Waals surface area contributed by atoms with E-state index in [0.717, 1.165) is 0 Å². The van der Waals surface area contributed by atoms with Crippen LogP contribution in [0.15, 0.2) is 42.7 Å². The standard InChI is InChI=1S/C31H31ClF3N7O4/c1-31(2,3)46-30(44)40(4)23-12-22(26-18(32)6-5-7-24(26)45-28(34)35)42-21-10-17(19(33)11-20(21)39-27(23)42)16-13-37-29(38-14-16)41-9-8-36-25(43)15-41/h5-7,10-11,13-14,22-23,28H,8-9,12,15H2,1-4H3,(H,36,43)/t22-,23-/m1/s1. The molecule has 2 aliphatic heterocycles. The number of carbonyl (C=O) groups excluding carboxylic acids is 2. The van der Waals surface area contributed by atoms with E-state index in [1.54, 1.807) is 49.4 Å². The largest absolute Gasteiger partial charge is 0.444 e. The summed E-state index contributed by atoms with van der Waals surface area (Å²) in [5.41, 5.74) is 0.787. The van der Waals surface area contributed by atoms with Gasteiger partial charge >= 0.3 is 12.7 Å². The second kappa shape index (κ2) is 12.0. The number of hydrogen-bond acceptors (Lipinski definition) is 8. The van der Waals surface area contributed by atoms with Crippen molar-refractivity contribution >= 4 is 40.6 Å². The van der Waals surface area contributed by atoms with E-state index in [1.807, 2.05) is 0 Å². The molecule has 1 saturated heterocycles. The first-order chi connectivity index (χ1) is 21.8. The van der Waals surface area contributed by atoms with Crippen LogP contribution in [0.1, 0.15) is 50.7 Å². The maximum Gasteiger partial charge on any atom is 0.410 e. The van der Waals surface area contributed by atoms with Gasteiger partial charge in [0.1, 0.15) is 23.0 Å². The van der Waals surface area contributed by atoms with Crippen molar-refractivity contribution in [1.82, 2.24) is 29.7 Å². The minimum absolute atomic E-state index is 0.112. The predicted molar refractivity (Wildman–Crippen MR) is 164 cm³/mol. The summed E-state index contributed by atoms with van der Waals surface area (Å²) in [6.07, 6.45) is 2.53. The fourth-order valence-corrected chi connectivity index (χ4v) is 6.14. The number of fused-ring (bicyclic) bond motifs is 3. The molecule has 0 radical (unpaired) electrons. The number of aromatic nitrogens is 4. The highest BCUT2D eigenvalue weighted by atomic mass is 35.5. The molecule has 0 unspecified atom stereocenters. The van der Waals surface area contributed by atoms with Gasteiger partial charge in [0.25, 0.3) is 0 Å². The van der Waals surface area contributed by atoms with Crippen LogP contribution >= 0.6 is 11.6 Å². The number of hydrogen-bond donors (Lipinski definition) is 1. The zero-order chi connectivity index (χ0) is 32.9. The van der Waals surface area contributed by atoms with Crippen LogP contribution < -0.4 is 15.0 Å². The molecule has 1 N–H and O–H groups in total. The summed E-state index contributed by atoms with van der Waals surface area (Å²) < 4.78 is 54.9. The van der Waals surface area contributed by atoms with E-state index in [1.165, 1.54) is 35.5 Å². The van der Waals surface area contributed by atoms with Crippen LogP contribution in [-0.2, 0) is 9.53 Å². The van der Waals surface area contributed by atoms with Crippen LogP contribution in [0.25, 0.3) is 22.2 Å². The van der Waals surface area contributed by atoms with Crippen molar-refractivity contribution in [3.05, 3.63) is 65.0 Å². The van der Waals surface area contributed by atoms with Crippen LogP contribution in [0.3, 0.4) is 0 Å². The van der Waals surface area contributed by atoms with Crippen molar-refractivity contribution in [3.8, 4) is 16.9 Å². The molecule has 15 heteroatoms. The Morgan fingerprint density at radius 2 is 1.93 bits per heavy atom. The van der Waals surface area contributed by atoms with E-state index in [0.29, 0.717) is 35.9 Å². The first kappa shape index (κ1) is 31.4. The van der Waals surface area contributed by atoms with Crippen LogP contribution in [0, 0.1) is 5.82 Å². The summed E-state index contributed by atoms with van der Waals surface area (Å²) in [6.45, 7) is 3.23. The zero-order valence-corrected chi connectivity index (χ0v) is 26.2. The maximum absolute atomic E-state index is 15.7. The molecule has 2 amide bonds. The molecule has 2 aromatic carbocycles. The van der Waals surface area contributed by atoms with E-state index in [4.69, 9.17) is 26.1 Å². The number of nitrogens with zero attached hydrogens (tertiary/aromatic N) is 6. The quantitative estimate of drug-likeness (QED) is 0.280. The van der Waals surface area contributed by atoms with Gasteiger partial charge in [0.15, 0.2) is 0 Å². The van der Waals surface area contributed by atoms with Crippen molar-refractivity contribution in [2.75, 3.05) is 31.6 Å². The Bertz CT molecular complexity index is 1810. The smallest absolute Gasteiger partial charge is 0.410 e. The van der Waals surface area contributed by atoms with Crippen LogP contribution in [0.4, 0.5) is 23.9 Å². The van der Waals surface area contributed by atoms with Gasteiger partial charge in [-0.3, -0.25) is 4.79 Å². The SMILES string of the molecule is CN(C(=O)OC(C)(C)C)[C@@H]1C[C@H](c2c(Cl)cccc2OC(F)F)n2c1nc1cc(F)c(-c3cnc(N4CCNC(=O)C4)nc3)cc12. The third-order valence-electron chi connectivity index (χ3n) is 7.84. The third kappa shape index (κ3) is 6.00. The first-order valence-electron chi connectivity index (χ1n) is 14.5. The number of benzene rings is 2. The van der Waals surface area contributed by atoms with E-state index in [2.05, 4.69) is 15.3 Å². The lowest BCUT2D eigenvalue weighted by Gasteiger charge is -2.28. The Hall–Kier alpha value is -4.59. The molecule has 1 fully saturated rings. The zero-order valence-electron chi connectivity index (χ0n) is 25.4. The number of alkyl halides is 2. The number of anilines is 1. The molecule has 4 aromatic rings. The Morgan fingerprint density at radius 3 is 2.61 bits per heavy atom. The summed E-state index contributed by atoms with van der Waals surface area (Å²) >= 11 is 6.63. The molecule has 2 aromatic heterocycles. The minimum atomic E-state index is -3.11. The van der Waals surface area contributed by atoms with Crippen molar-refractivity contribution < 1.29 is 32.2 Å². The van der Waals surface area contributed by atoms with Gasteiger partial charge in [-0.05, 0) is 39.0 Å². The molecular weight excluding hydrogens is 627 g/mol. The Balaban J connectivity index is 1.46. The Morgan fingerprint density at radius 1 is 1.20 bits per heavy atom. The predicted octanol–water partition coefficient (Wildman–Crippen LogP) is 5.72. The molecule has 2 aliphatic rings. The molecule has 6 rings (SSSR count). The highest BCUT2D eigenvalue weighted by molar-refractivity contribution is 6.31. The number of halogens is 4. The van der Waals surface area contributed by atoms with Gasteiger partial charge in [-0.15, -0.1) is 0 Å². The molecular formula is C31H31ClF3N7O4. The average molecular weight is 658 g/mol. The number of piperazine rings is 1. The topological polar surface area (TPSA) is 115 Å². The van der Waals surface area contributed by atoms with E-state index in [-0.39, 0.29) is 46.3 Å². The highest BCUT2D eigenvalue weighted by Gasteiger charge is 2.42. The fraction of sp³-hybridized carbons (Fsp3) is 0.387. The van der Waals surface area contributed by atoms with Crippen LogP contribution in [-0.4, -0.2) is 75.3 Å². The Labute approximate surface area is 267 Å². The number of amides is 2. The minimum Gasteiger partial charge on any atom is -0.444 e. The number of ether oxygens (including phenoxy) is 2. The summed E-state index contributed by atoms with van der Waals surface area (Å²) in [4.78, 5) is 41.5. The van der Waals surface area contributed by atoms with Crippen LogP contribution in [0.5, 0.6) is 5.75 Å². The highest BCUT2D eigenvalue weighted by Crippen LogP contribution is 2.49. The van der Waals surface area contributed by atoms with Crippen LogP contribution in [0.2, 0.25) is 5.02 Å². The van der Waals surface area contributed by atoms with E-state index < -0.39 is 36.2 Å². The second-order valence-electron chi connectivity index (χ2n) is 12.1. The first-order valence-corrected chi connectivity index (χ1v) is 14.9. The normalized spacial score (nSPS) is 18.1. The fourth-order valence-electron chi connectivity index (χ4n) is 5.85. The second-order valence-corrected chi connectivity index (χ2v) is 12.5. The van der Waals surface area contributed by atoms with Crippen molar-refractivity contribution in [1.29, 1.82) is 0 Å². The number of imidazole rings is 1. The summed E-state index contributed by atoms with van der Waals surface area (Å²) in [6, 6.07) is 5.91. The molecule has 11 nitrogen and oxygen atoms in total. The number of nitrogens with one attached hydrogen (secondary N) is 1. The average Bonchev–Trinajstić information content (AvgIpc) is 3.52. The summed E-state index contributed by atoms with van der Waals surface area (Å²) in [5, 5.41) is 2.92. The monoisotopic (exact) mass is 657 g/mol. The molecule has 0 bridgehead atoms. The van der Waals surface area contributed by atoms with Crippen molar-refractivity contribution in [2.24, 2.45) is 0 Å². The number of rotatable bonds is 6. The molecule has 46 heavy (non-hydrogen) atoms. The molecule has 4 heterocycles. The lowest BCUT2D eigenvalue weighted by molar-refractivity contribution is -0.120. The van der Waals surface area contributed by atoms with E-state index >= 15 is 4.39 Å². The summed E-state index contributed by atoms with van der Waals surface area (Å²) in [5.74, 6) is -0.132. The van der Waals surface area contributed by atoms with E-state index in [9.17, 15) is 18.4 Å². The van der Waals surface area contributed by atoms with Crippen molar-refractivity contribution in [3.63, 3.8) is 0 Å². The molecule has 0 spiro atoms.